The van der Waals surface area contributed by atoms with Crippen molar-refractivity contribution in [1.82, 2.24) is 9.88 Å². The maximum atomic E-state index is 12.6. The van der Waals surface area contributed by atoms with E-state index in [1.54, 1.807) is 11.9 Å². The zero-order valence-corrected chi connectivity index (χ0v) is 15.4. The summed E-state index contributed by atoms with van der Waals surface area (Å²) in [4.78, 5) is 18.7. The number of primary sulfonamides is 1. The van der Waals surface area contributed by atoms with Gasteiger partial charge in [0, 0.05) is 12.4 Å². The number of amides is 1. The number of nitrogens with two attached hydrogens (primary N) is 1. The fourth-order valence-electron chi connectivity index (χ4n) is 2.19. The molecule has 0 aliphatic rings. The van der Waals surface area contributed by atoms with Gasteiger partial charge in [-0.3, -0.25) is 4.79 Å². The van der Waals surface area contributed by atoms with Crippen LogP contribution in [0.3, 0.4) is 0 Å². The molecule has 0 saturated heterocycles. The number of carbonyl (C=O) groups excluding carboxylic acids is 1. The smallest absolute Gasteiger partial charge is 0.255 e. The highest BCUT2D eigenvalue weighted by atomic mass is 32.2. The molecule has 2 aromatic heterocycles. The molecule has 3 rings (SSSR count). The number of hydrogen-bond donors (Lipinski definition) is 1. The van der Waals surface area contributed by atoms with Crippen LogP contribution in [0.5, 0.6) is 0 Å². The zero-order valence-electron chi connectivity index (χ0n) is 13.0. The number of benzene rings is 1. The average molecular weight is 382 g/mol. The molecule has 0 fully saturated rings. The van der Waals surface area contributed by atoms with Crippen molar-refractivity contribution < 1.29 is 13.2 Å². The van der Waals surface area contributed by atoms with E-state index >= 15 is 0 Å². The predicted molar refractivity (Wildman–Crippen MR) is 95.8 cm³/mol. The number of nitrogens with zero attached hydrogens (tertiary/aromatic N) is 2. The summed E-state index contributed by atoms with van der Waals surface area (Å²) in [5.74, 6) is -0.270. The highest BCUT2D eigenvalue weighted by molar-refractivity contribution is 7.91. The molecule has 6 nitrogen and oxygen atoms in total. The van der Waals surface area contributed by atoms with Crippen molar-refractivity contribution >= 4 is 48.8 Å². The van der Waals surface area contributed by atoms with Crippen molar-refractivity contribution in [2.75, 3.05) is 7.05 Å². The number of fused-ring (bicyclic) bond motifs is 1. The molecule has 0 radical (unpaired) electrons. The maximum absolute atomic E-state index is 12.6. The summed E-state index contributed by atoms with van der Waals surface area (Å²) < 4.78 is 23.7. The van der Waals surface area contributed by atoms with Crippen LogP contribution in [0.4, 0.5) is 0 Å². The van der Waals surface area contributed by atoms with E-state index in [1.165, 1.54) is 22.8 Å². The SMILES string of the molecule is C[C@H](c1nc2ccccc2s1)N(C)C(=O)c1csc(S(N)(=O)=O)c1. The van der Waals surface area contributed by atoms with Gasteiger partial charge in [0.2, 0.25) is 10.0 Å². The molecule has 9 heteroatoms. The topological polar surface area (TPSA) is 93.4 Å². The molecule has 0 aliphatic carbocycles. The number of thiazole rings is 1. The van der Waals surface area contributed by atoms with E-state index in [0.717, 1.165) is 26.6 Å². The fourth-order valence-corrected chi connectivity index (χ4v) is 4.83. The Labute approximate surface area is 147 Å². The second-order valence-corrected chi connectivity index (χ2v) is 9.07. The minimum atomic E-state index is -3.79. The molecule has 1 atom stereocenters. The quantitative estimate of drug-likeness (QED) is 0.752. The minimum Gasteiger partial charge on any atom is -0.332 e. The molecule has 126 valence electrons. The molecule has 0 spiro atoms. The van der Waals surface area contributed by atoms with E-state index < -0.39 is 10.0 Å². The summed E-state index contributed by atoms with van der Waals surface area (Å²) in [7, 11) is -2.12. The third kappa shape index (κ3) is 3.20. The third-order valence-electron chi connectivity index (χ3n) is 3.67. The molecule has 24 heavy (non-hydrogen) atoms. The van der Waals surface area contributed by atoms with Crippen LogP contribution in [-0.4, -0.2) is 31.3 Å². The van der Waals surface area contributed by atoms with Crippen molar-refractivity contribution in [1.29, 1.82) is 0 Å². The summed E-state index contributed by atoms with van der Waals surface area (Å²) in [5, 5.41) is 7.42. The van der Waals surface area contributed by atoms with Gasteiger partial charge in [0.1, 0.15) is 9.22 Å². The molecule has 0 unspecified atom stereocenters. The lowest BCUT2D eigenvalue weighted by atomic mass is 10.2. The van der Waals surface area contributed by atoms with Gasteiger partial charge >= 0.3 is 0 Å². The number of hydrogen-bond acceptors (Lipinski definition) is 6. The molecule has 1 aromatic carbocycles. The second-order valence-electron chi connectivity index (χ2n) is 5.31. The number of sulfonamides is 1. The van der Waals surface area contributed by atoms with E-state index in [1.807, 2.05) is 31.2 Å². The lowest BCUT2D eigenvalue weighted by molar-refractivity contribution is 0.0743. The lowest BCUT2D eigenvalue weighted by Crippen LogP contribution is -2.29. The van der Waals surface area contributed by atoms with E-state index in [4.69, 9.17) is 5.14 Å². The standard InChI is InChI=1S/C15H15N3O3S3/c1-9(14-17-11-5-3-4-6-12(11)23-14)18(2)15(19)10-7-13(22-8-10)24(16,20)21/h3-9H,1-2H3,(H2,16,20,21)/t9-/m1/s1. The number of thiophene rings is 1. The van der Waals surface area contributed by atoms with Gasteiger partial charge in [-0.2, -0.15) is 0 Å². The first-order valence-electron chi connectivity index (χ1n) is 7.01. The Morgan fingerprint density at radius 1 is 1.33 bits per heavy atom. The lowest BCUT2D eigenvalue weighted by Gasteiger charge is -2.22. The van der Waals surface area contributed by atoms with Crippen molar-refractivity contribution in [3.63, 3.8) is 0 Å². The molecular formula is C15H15N3O3S3. The molecule has 2 N–H and O–H groups in total. The third-order valence-corrected chi connectivity index (χ3v) is 7.26. The van der Waals surface area contributed by atoms with Gasteiger partial charge in [-0.05, 0) is 25.1 Å². The molecule has 0 bridgehead atoms. The first-order valence-corrected chi connectivity index (χ1v) is 10.3. The van der Waals surface area contributed by atoms with Gasteiger partial charge in [0.25, 0.3) is 5.91 Å². The highest BCUT2D eigenvalue weighted by Crippen LogP contribution is 2.30. The zero-order chi connectivity index (χ0) is 17.5. The van der Waals surface area contributed by atoms with Crippen LogP contribution in [0, 0.1) is 0 Å². The average Bonchev–Trinajstić information content (AvgIpc) is 3.18. The van der Waals surface area contributed by atoms with Gasteiger partial charge < -0.3 is 4.90 Å². The van der Waals surface area contributed by atoms with Crippen LogP contribution in [0.2, 0.25) is 0 Å². The van der Waals surface area contributed by atoms with Crippen molar-refractivity contribution in [2.24, 2.45) is 5.14 Å². The molecular weight excluding hydrogens is 366 g/mol. The van der Waals surface area contributed by atoms with E-state index in [2.05, 4.69) is 4.98 Å². The van der Waals surface area contributed by atoms with Crippen LogP contribution in [0.15, 0.2) is 39.9 Å². The second kappa shape index (κ2) is 6.25. The van der Waals surface area contributed by atoms with Crippen LogP contribution in [-0.2, 0) is 10.0 Å². The van der Waals surface area contributed by atoms with Crippen LogP contribution in [0.1, 0.15) is 28.3 Å². The summed E-state index contributed by atoms with van der Waals surface area (Å²) in [6.45, 7) is 1.89. The van der Waals surface area contributed by atoms with Gasteiger partial charge in [0.15, 0.2) is 0 Å². The fraction of sp³-hybridized carbons (Fsp3) is 0.200. The molecule has 1 amide bonds. The Kier molecular flexibility index (Phi) is 4.43. The van der Waals surface area contributed by atoms with Crippen molar-refractivity contribution in [2.45, 2.75) is 17.2 Å². The summed E-state index contributed by atoms with van der Waals surface area (Å²) in [6.07, 6.45) is 0. The monoisotopic (exact) mass is 381 g/mol. The maximum Gasteiger partial charge on any atom is 0.255 e. The Morgan fingerprint density at radius 2 is 2.04 bits per heavy atom. The van der Waals surface area contributed by atoms with Crippen LogP contribution >= 0.6 is 22.7 Å². The summed E-state index contributed by atoms with van der Waals surface area (Å²) in [5.41, 5.74) is 1.21. The molecule has 3 aromatic rings. The Morgan fingerprint density at radius 3 is 2.67 bits per heavy atom. The van der Waals surface area contributed by atoms with Crippen LogP contribution < -0.4 is 5.14 Å². The van der Waals surface area contributed by atoms with E-state index in [-0.39, 0.29) is 16.2 Å². The Bertz CT molecular complexity index is 974. The Hall–Kier alpha value is -1.81. The first kappa shape index (κ1) is 17.0. The Balaban J connectivity index is 1.85. The van der Waals surface area contributed by atoms with Crippen LogP contribution in [0.25, 0.3) is 10.2 Å². The number of carbonyl (C=O) groups is 1. The van der Waals surface area contributed by atoms with Crippen molar-refractivity contribution in [3.8, 4) is 0 Å². The largest absolute Gasteiger partial charge is 0.332 e. The summed E-state index contributed by atoms with van der Waals surface area (Å²) in [6, 6.07) is 8.87. The van der Waals surface area contributed by atoms with Gasteiger partial charge in [0.05, 0.1) is 21.8 Å². The number of aromatic nitrogens is 1. The summed E-state index contributed by atoms with van der Waals surface area (Å²) >= 11 is 2.48. The van der Waals surface area contributed by atoms with Crippen molar-refractivity contribution in [3.05, 3.63) is 46.3 Å². The first-order chi connectivity index (χ1) is 11.3. The molecule has 2 heterocycles. The minimum absolute atomic E-state index is 0.0214. The highest BCUT2D eigenvalue weighted by Gasteiger charge is 2.24. The van der Waals surface area contributed by atoms with Gasteiger partial charge in [-0.25, -0.2) is 18.5 Å². The molecule has 0 aliphatic heterocycles. The number of rotatable bonds is 4. The van der Waals surface area contributed by atoms with E-state index in [9.17, 15) is 13.2 Å². The number of para-hydroxylation sites is 1. The molecule has 0 saturated carbocycles. The van der Waals surface area contributed by atoms with E-state index in [0.29, 0.717) is 5.56 Å². The van der Waals surface area contributed by atoms with Gasteiger partial charge in [-0.1, -0.05) is 12.1 Å². The normalized spacial score (nSPS) is 13.1. The predicted octanol–water partition coefficient (Wildman–Crippen LogP) is 2.84. The van der Waals surface area contributed by atoms with Gasteiger partial charge in [-0.15, -0.1) is 22.7 Å².